The van der Waals surface area contributed by atoms with Gasteiger partial charge in [-0.15, -0.1) is 12.4 Å². The highest BCUT2D eigenvalue weighted by Gasteiger charge is 2.47. The number of H-pyrrole nitrogens is 1. The van der Waals surface area contributed by atoms with Crippen molar-refractivity contribution in [3.05, 3.63) is 58.0 Å². The van der Waals surface area contributed by atoms with Gasteiger partial charge >= 0.3 is 0 Å². The third-order valence-electron chi connectivity index (χ3n) is 5.18. The lowest BCUT2D eigenvalue weighted by Crippen LogP contribution is -2.35. The molecule has 3 heterocycles. The van der Waals surface area contributed by atoms with Crippen LogP contribution in [0.1, 0.15) is 22.1 Å². The molecule has 0 spiro atoms. The average Bonchev–Trinajstić information content (AvgIpc) is 3.23. The minimum Gasteiger partial charge on any atom is -0.497 e. The smallest absolute Gasteiger partial charge is 0.274 e. The SMILES string of the molecule is COc1ccc([C@H]2[C@H]3CNC[C@H]3CN2C(=O)c2ccc(=O)[nH]n2)cc1.Cl. The van der Waals surface area contributed by atoms with E-state index in [4.69, 9.17) is 4.74 Å². The predicted molar refractivity (Wildman–Crippen MR) is 98.7 cm³/mol. The molecule has 2 N–H and O–H groups in total. The summed E-state index contributed by atoms with van der Waals surface area (Å²) in [5.74, 6) is 1.45. The molecule has 1 amide bonds. The molecule has 0 saturated carbocycles. The summed E-state index contributed by atoms with van der Waals surface area (Å²) in [6.07, 6.45) is 0. The number of fused-ring (bicyclic) bond motifs is 1. The lowest BCUT2D eigenvalue weighted by molar-refractivity contribution is 0.0706. The Morgan fingerprint density at radius 1 is 1.19 bits per heavy atom. The van der Waals surface area contributed by atoms with E-state index in [0.29, 0.717) is 18.4 Å². The maximum Gasteiger partial charge on any atom is 0.274 e. The van der Waals surface area contributed by atoms with Crippen molar-refractivity contribution in [2.45, 2.75) is 6.04 Å². The first-order chi connectivity index (χ1) is 12.2. The molecule has 0 radical (unpaired) electrons. The monoisotopic (exact) mass is 376 g/mol. The molecule has 1 aromatic heterocycles. The minimum absolute atomic E-state index is 0. The highest BCUT2D eigenvalue weighted by Crippen LogP contribution is 2.43. The van der Waals surface area contributed by atoms with Crippen LogP contribution in [-0.4, -0.2) is 47.7 Å². The van der Waals surface area contributed by atoms with Gasteiger partial charge in [-0.25, -0.2) is 5.10 Å². The first kappa shape index (κ1) is 18.4. The Bertz CT molecular complexity index is 819. The molecule has 0 aliphatic carbocycles. The van der Waals surface area contributed by atoms with Gasteiger partial charge < -0.3 is 15.0 Å². The van der Waals surface area contributed by atoms with Crippen LogP contribution in [0.4, 0.5) is 0 Å². The van der Waals surface area contributed by atoms with E-state index in [2.05, 4.69) is 15.5 Å². The van der Waals surface area contributed by atoms with Gasteiger partial charge in [0.1, 0.15) is 11.4 Å². The van der Waals surface area contributed by atoms with Gasteiger partial charge in [-0.1, -0.05) is 12.1 Å². The number of likely N-dealkylation sites (tertiary alicyclic amines) is 1. The quantitative estimate of drug-likeness (QED) is 0.841. The molecule has 26 heavy (non-hydrogen) atoms. The predicted octanol–water partition coefficient (Wildman–Crippen LogP) is 1.23. The number of aromatic amines is 1. The van der Waals surface area contributed by atoms with Crippen molar-refractivity contribution in [1.82, 2.24) is 20.4 Å². The average molecular weight is 377 g/mol. The first-order valence-electron chi connectivity index (χ1n) is 8.39. The fourth-order valence-corrected chi connectivity index (χ4v) is 3.97. The lowest BCUT2D eigenvalue weighted by atomic mass is 9.89. The number of halogens is 1. The second kappa shape index (κ2) is 7.47. The zero-order chi connectivity index (χ0) is 17.4. The summed E-state index contributed by atoms with van der Waals surface area (Å²) in [6.45, 7) is 2.50. The van der Waals surface area contributed by atoms with E-state index in [9.17, 15) is 9.59 Å². The van der Waals surface area contributed by atoms with E-state index in [0.717, 1.165) is 24.4 Å². The number of nitrogens with zero attached hydrogens (tertiary/aromatic N) is 2. The van der Waals surface area contributed by atoms with Crippen LogP contribution in [0.5, 0.6) is 5.75 Å². The summed E-state index contributed by atoms with van der Waals surface area (Å²) in [7, 11) is 1.64. The van der Waals surface area contributed by atoms with Crippen LogP contribution in [0.3, 0.4) is 0 Å². The molecule has 7 nitrogen and oxygen atoms in total. The van der Waals surface area contributed by atoms with Crippen LogP contribution in [0.15, 0.2) is 41.2 Å². The molecule has 2 fully saturated rings. The largest absolute Gasteiger partial charge is 0.497 e. The minimum atomic E-state index is -0.314. The van der Waals surface area contributed by atoms with Crippen LogP contribution in [-0.2, 0) is 0 Å². The van der Waals surface area contributed by atoms with E-state index in [1.165, 1.54) is 12.1 Å². The zero-order valence-corrected chi connectivity index (χ0v) is 15.2. The number of hydrogen-bond acceptors (Lipinski definition) is 5. The Balaban J connectivity index is 0.00000196. The second-order valence-electron chi connectivity index (χ2n) is 6.56. The number of nitrogens with one attached hydrogen (secondary N) is 2. The van der Waals surface area contributed by atoms with Gasteiger partial charge in [0, 0.05) is 31.6 Å². The fourth-order valence-electron chi connectivity index (χ4n) is 3.97. The lowest BCUT2D eigenvalue weighted by Gasteiger charge is -2.28. The number of hydrogen-bond donors (Lipinski definition) is 2. The van der Waals surface area contributed by atoms with E-state index in [-0.39, 0.29) is 35.6 Å². The molecule has 138 valence electrons. The third-order valence-corrected chi connectivity index (χ3v) is 5.18. The summed E-state index contributed by atoms with van der Waals surface area (Å²) >= 11 is 0. The zero-order valence-electron chi connectivity index (χ0n) is 14.3. The van der Waals surface area contributed by atoms with Gasteiger partial charge in [0.25, 0.3) is 11.5 Å². The number of rotatable bonds is 3. The molecule has 8 heteroatoms. The summed E-state index contributed by atoms with van der Waals surface area (Å²) in [6, 6.07) is 10.7. The molecule has 2 saturated heterocycles. The molecular formula is C18H21ClN4O3. The van der Waals surface area contributed by atoms with Gasteiger partial charge in [-0.2, -0.15) is 5.10 Å². The standard InChI is InChI=1S/C18H20N4O3.ClH/c1-25-13-4-2-11(3-5-13)17-14-9-19-8-12(14)10-22(17)18(24)15-6-7-16(23)21-20-15;/h2-7,12,14,17,19H,8-10H2,1H3,(H,21,23);1H/t12-,14-,17-;/m0./s1. The number of ether oxygens (including phenoxy) is 1. The van der Waals surface area contributed by atoms with E-state index in [1.54, 1.807) is 7.11 Å². The topological polar surface area (TPSA) is 87.3 Å². The molecule has 1 aromatic carbocycles. The van der Waals surface area contributed by atoms with Crippen molar-refractivity contribution in [3.63, 3.8) is 0 Å². The fraction of sp³-hybridized carbons (Fsp3) is 0.389. The molecule has 2 aromatic rings. The Kier molecular flexibility index (Phi) is 5.29. The van der Waals surface area contributed by atoms with Crippen LogP contribution in [0.2, 0.25) is 0 Å². The number of amides is 1. The van der Waals surface area contributed by atoms with Crippen LogP contribution < -0.4 is 15.6 Å². The molecule has 4 rings (SSSR count). The summed E-state index contributed by atoms with van der Waals surface area (Å²) in [4.78, 5) is 26.1. The summed E-state index contributed by atoms with van der Waals surface area (Å²) < 4.78 is 5.24. The number of benzene rings is 1. The third kappa shape index (κ3) is 3.20. The van der Waals surface area contributed by atoms with Crippen molar-refractivity contribution in [1.29, 1.82) is 0 Å². The highest BCUT2D eigenvalue weighted by atomic mass is 35.5. The van der Waals surface area contributed by atoms with Crippen molar-refractivity contribution < 1.29 is 9.53 Å². The summed E-state index contributed by atoms with van der Waals surface area (Å²) in [5.41, 5.74) is 1.05. The number of methoxy groups -OCH3 is 1. The molecule has 2 aliphatic rings. The maximum atomic E-state index is 13.0. The molecule has 3 atom stereocenters. The number of carbonyl (C=O) groups is 1. The van der Waals surface area contributed by atoms with E-state index < -0.39 is 0 Å². The van der Waals surface area contributed by atoms with E-state index >= 15 is 0 Å². The van der Waals surface area contributed by atoms with Crippen molar-refractivity contribution in [2.24, 2.45) is 11.8 Å². The Morgan fingerprint density at radius 3 is 2.62 bits per heavy atom. The number of aromatic nitrogens is 2. The van der Waals surface area contributed by atoms with Gasteiger partial charge in [0.2, 0.25) is 0 Å². The van der Waals surface area contributed by atoms with E-state index in [1.807, 2.05) is 29.2 Å². The second-order valence-corrected chi connectivity index (χ2v) is 6.56. The van der Waals surface area contributed by atoms with Crippen molar-refractivity contribution >= 4 is 18.3 Å². The Morgan fingerprint density at radius 2 is 1.96 bits per heavy atom. The summed E-state index contributed by atoms with van der Waals surface area (Å²) in [5, 5.41) is 9.68. The normalized spacial score (nSPS) is 24.0. The van der Waals surface area contributed by atoms with Gasteiger partial charge in [0.15, 0.2) is 0 Å². The van der Waals surface area contributed by atoms with Gasteiger partial charge in [-0.3, -0.25) is 9.59 Å². The van der Waals surface area contributed by atoms with Crippen LogP contribution in [0, 0.1) is 11.8 Å². The number of carbonyl (C=O) groups excluding carboxylic acids is 1. The maximum absolute atomic E-state index is 13.0. The molecule has 0 bridgehead atoms. The molecular weight excluding hydrogens is 356 g/mol. The van der Waals surface area contributed by atoms with Crippen LogP contribution >= 0.6 is 12.4 Å². The van der Waals surface area contributed by atoms with Crippen molar-refractivity contribution in [3.8, 4) is 5.75 Å². The molecule has 0 unspecified atom stereocenters. The first-order valence-corrected chi connectivity index (χ1v) is 8.39. The highest BCUT2D eigenvalue weighted by molar-refractivity contribution is 5.92. The van der Waals surface area contributed by atoms with Gasteiger partial charge in [0.05, 0.1) is 13.2 Å². The van der Waals surface area contributed by atoms with Crippen molar-refractivity contribution in [2.75, 3.05) is 26.7 Å². The molecule has 2 aliphatic heterocycles. The Labute approximate surface area is 157 Å². The van der Waals surface area contributed by atoms with Crippen LogP contribution in [0.25, 0.3) is 0 Å². The Hall–Kier alpha value is -2.38. The van der Waals surface area contributed by atoms with Gasteiger partial charge in [-0.05, 0) is 29.7 Å².